The number of hydrogen-bond donors (Lipinski definition) is 1. The molecule has 0 aliphatic carbocycles. The van der Waals surface area contributed by atoms with E-state index in [9.17, 15) is 0 Å². The molecule has 0 atom stereocenters. The van der Waals surface area contributed by atoms with Gasteiger partial charge in [-0.25, -0.2) is 4.98 Å². The number of aromatic nitrogens is 2. The molecular formula is C16H16BrN3O. The molecule has 1 heterocycles. The SMILES string of the molecule is CCOc1cccc2c1nc(N)n2-c1ccc(Br)cc1C. The van der Waals surface area contributed by atoms with Crippen LogP contribution in [0.4, 0.5) is 5.95 Å². The Kier molecular flexibility index (Phi) is 3.59. The minimum atomic E-state index is 0.461. The number of anilines is 1. The van der Waals surface area contributed by atoms with E-state index in [2.05, 4.69) is 33.9 Å². The second-order valence-electron chi connectivity index (χ2n) is 4.79. The van der Waals surface area contributed by atoms with Gasteiger partial charge in [-0.2, -0.15) is 0 Å². The summed E-state index contributed by atoms with van der Waals surface area (Å²) in [7, 11) is 0. The van der Waals surface area contributed by atoms with Crippen molar-refractivity contribution in [3.05, 3.63) is 46.4 Å². The van der Waals surface area contributed by atoms with Crippen molar-refractivity contribution in [2.45, 2.75) is 13.8 Å². The van der Waals surface area contributed by atoms with E-state index in [4.69, 9.17) is 10.5 Å². The van der Waals surface area contributed by atoms with Crippen molar-refractivity contribution < 1.29 is 4.74 Å². The molecule has 0 radical (unpaired) electrons. The van der Waals surface area contributed by atoms with Gasteiger partial charge >= 0.3 is 0 Å². The summed E-state index contributed by atoms with van der Waals surface area (Å²) in [6.07, 6.45) is 0. The fourth-order valence-corrected chi connectivity index (χ4v) is 2.96. The van der Waals surface area contributed by atoms with Crippen LogP contribution in [-0.2, 0) is 0 Å². The van der Waals surface area contributed by atoms with Gasteiger partial charge < -0.3 is 10.5 Å². The topological polar surface area (TPSA) is 53.1 Å². The van der Waals surface area contributed by atoms with E-state index in [1.165, 1.54) is 0 Å². The van der Waals surface area contributed by atoms with Crippen molar-refractivity contribution in [2.24, 2.45) is 0 Å². The van der Waals surface area contributed by atoms with Crippen molar-refractivity contribution in [1.29, 1.82) is 0 Å². The van der Waals surface area contributed by atoms with Crippen molar-refractivity contribution in [3.8, 4) is 11.4 Å². The monoisotopic (exact) mass is 345 g/mol. The van der Waals surface area contributed by atoms with E-state index < -0.39 is 0 Å². The van der Waals surface area contributed by atoms with Crippen molar-refractivity contribution >= 4 is 32.9 Å². The average molecular weight is 346 g/mol. The molecule has 2 aromatic carbocycles. The molecule has 0 spiro atoms. The van der Waals surface area contributed by atoms with E-state index in [-0.39, 0.29) is 0 Å². The summed E-state index contributed by atoms with van der Waals surface area (Å²) >= 11 is 3.48. The van der Waals surface area contributed by atoms with Crippen LogP contribution in [0.2, 0.25) is 0 Å². The molecule has 3 aromatic rings. The number of imidazole rings is 1. The molecule has 0 amide bonds. The van der Waals surface area contributed by atoms with Gasteiger partial charge in [0.1, 0.15) is 11.3 Å². The quantitative estimate of drug-likeness (QED) is 0.778. The van der Waals surface area contributed by atoms with Gasteiger partial charge in [-0.1, -0.05) is 22.0 Å². The minimum absolute atomic E-state index is 0.461. The van der Waals surface area contributed by atoms with E-state index in [0.717, 1.165) is 32.5 Å². The number of para-hydroxylation sites is 1. The number of hydrogen-bond acceptors (Lipinski definition) is 3. The number of nitrogen functional groups attached to an aromatic ring is 1. The maximum Gasteiger partial charge on any atom is 0.206 e. The Morgan fingerprint density at radius 1 is 1.29 bits per heavy atom. The highest BCUT2D eigenvalue weighted by atomic mass is 79.9. The van der Waals surface area contributed by atoms with Crippen LogP contribution in [0.15, 0.2) is 40.9 Å². The Hall–Kier alpha value is -2.01. The number of nitrogens with two attached hydrogens (primary N) is 1. The molecule has 0 bridgehead atoms. The zero-order valence-electron chi connectivity index (χ0n) is 11.9. The van der Waals surface area contributed by atoms with Gasteiger partial charge in [0, 0.05) is 4.47 Å². The molecule has 0 saturated carbocycles. The predicted octanol–water partition coefficient (Wildman–Crippen LogP) is 4.08. The summed E-state index contributed by atoms with van der Waals surface area (Å²) in [5, 5.41) is 0. The molecule has 3 rings (SSSR count). The number of ether oxygens (including phenoxy) is 1. The number of aryl methyl sites for hydroxylation is 1. The lowest BCUT2D eigenvalue weighted by Crippen LogP contribution is -2.02. The Labute approximate surface area is 131 Å². The molecule has 0 saturated heterocycles. The van der Waals surface area contributed by atoms with Gasteiger partial charge in [0.15, 0.2) is 0 Å². The van der Waals surface area contributed by atoms with E-state index in [0.29, 0.717) is 12.6 Å². The Morgan fingerprint density at radius 2 is 2.10 bits per heavy atom. The van der Waals surface area contributed by atoms with Gasteiger partial charge in [0.2, 0.25) is 5.95 Å². The summed E-state index contributed by atoms with van der Waals surface area (Å²) < 4.78 is 8.64. The fourth-order valence-electron chi connectivity index (χ4n) is 2.49. The maximum absolute atomic E-state index is 6.14. The lowest BCUT2D eigenvalue weighted by Gasteiger charge is -2.10. The van der Waals surface area contributed by atoms with Gasteiger partial charge in [-0.15, -0.1) is 0 Å². The predicted molar refractivity (Wildman–Crippen MR) is 89.1 cm³/mol. The molecule has 0 aliphatic rings. The van der Waals surface area contributed by atoms with Crippen molar-refractivity contribution in [2.75, 3.05) is 12.3 Å². The lowest BCUT2D eigenvalue weighted by atomic mass is 10.2. The molecule has 2 N–H and O–H groups in total. The van der Waals surface area contributed by atoms with Crippen LogP contribution in [-0.4, -0.2) is 16.2 Å². The molecule has 0 fully saturated rings. The summed E-state index contributed by atoms with van der Waals surface area (Å²) in [6.45, 7) is 4.61. The first-order valence-corrected chi connectivity index (χ1v) is 7.57. The molecule has 5 heteroatoms. The number of nitrogens with zero attached hydrogens (tertiary/aromatic N) is 2. The second kappa shape index (κ2) is 5.41. The van der Waals surface area contributed by atoms with Gasteiger partial charge in [-0.05, 0) is 49.7 Å². The number of rotatable bonds is 3. The van der Waals surface area contributed by atoms with Gasteiger partial charge in [0.25, 0.3) is 0 Å². The first-order chi connectivity index (χ1) is 10.1. The van der Waals surface area contributed by atoms with Gasteiger partial charge in [-0.3, -0.25) is 4.57 Å². The van der Waals surface area contributed by atoms with Crippen molar-refractivity contribution in [3.63, 3.8) is 0 Å². The van der Waals surface area contributed by atoms with Crippen molar-refractivity contribution in [1.82, 2.24) is 9.55 Å². The first-order valence-electron chi connectivity index (χ1n) is 6.78. The fraction of sp³-hybridized carbons (Fsp3) is 0.188. The first kappa shape index (κ1) is 13.9. The van der Waals surface area contributed by atoms with Gasteiger partial charge in [0.05, 0.1) is 17.8 Å². The highest BCUT2D eigenvalue weighted by Crippen LogP contribution is 2.31. The van der Waals surface area contributed by atoms with Crippen LogP contribution in [0.3, 0.4) is 0 Å². The molecule has 4 nitrogen and oxygen atoms in total. The Bertz CT molecular complexity index is 811. The molecular weight excluding hydrogens is 330 g/mol. The molecule has 0 aliphatic heterocycles. The van der Waals surface area contributed by atoms with Crippen LogP contribution in [0.25, 0.3) is 16.7 Å². The summed E-state index contributed by atoms with van der Waals surface area (Å²) in [5.41, 5.74) is 10.0. The highest BCUT2D eigenvalue weighted by molar-refractivity contribution is 9.10. The summed E-state index contributed by atoms with van der Waals surface area (Å²) in [4.78, 5) is 4.48. The van der Waals surface area contributed by atoms with Crippen LogP contribution in [0, 0.1) is 6.92 Å². The zero-order valence-corrected chi connectivity index (χ0v) is 13.5. The Balaban J connectivity index is 2.28. The third kappa shape index (κ3) is 2.38. The van der Waals surface area contributed by atoms with Crippen LogP contribution in [0.1, 0.15) is 12.5 Å². The normalized spacial score (nSPS) is 11.0. The third-order valence-electron chi connectivity index (χ3n) is 3.37. The lowest BCUT2D eigenvalue weighted by molar-refractivity contribution is 0.344. The Morgan fingerprint density at radius 3 is 2.81 bits per heavy atom. The van der Waals surface area contributed by atoms with E-state index in [1.54, 1.807) is 0 Å². The molecule has 21 heavy (non-hydrogen) atoms. The number of halogens is 1. The average Bonchev–Trinajstić information content (AvgIpc) is 2.77. The van der Waals surface area contributed by atoms with E-state index >= 15 is 0 Å². The molecule has 0 unspecified atom stereocenters. The number of benzene rings is 2. The highest BCUT2D eigenvalue weighted by Gasteiger charge is 2.15. The number of fused-ring (bicyclic) bond motifs is 1. The maximum atomic E-state index is 6.14. The molecule has 108 valence electrons. The third-order valence-corrected chi connectivity index (χ3v) is 3.87. The van der Waals surface area contributed by atoms with Crippen LogP contribution >= 0.6 is 15.9 Å². The van der Waals surface area contributed by atoms with E-state index in [1.807, 2.05) is 41.8 Å². The molecule has 1 aromatic heterocycles. The zero-order chi connectivity index (χ0) is 15.0. The summed E-state index contributed by atoms with van der Waals surface area (Å²) in [6, 6.07) is 12.0. The standard InChI is InChI=1S/C16H16BrN3O/c1-3-21-14-6-4-5-13-15(14)19-16(18)20(13)12-8-7-11(17)9-10(12)2/h4-9H,3H2,1-2H3,(H2,18,19). The second-order valence-corrected chi connectivity index (χ2v) is 5.71. The smallest absolute Gasteiger partial charge is 0.206 e. The summed E-state index contributed by atoms with van der Waals surface area (Å²) in [5.74, 6) is 1.22. The minimum Gasteiger partial charge on any atom is -0.492 e. The van der Waals surface area contributed by atoms with Crippen LogP contribution in [0.5, 0.6) is 5.75 Å². The van der Waals surface area contributed by atoms with Crippen LogP contribution < -0.4 is 10.5 Å². The largest absolute Gasteiger partial charge is 0.492 e.